The van der Waals surface area contributed by atoms with Crippen LogP contribution in [0.1, 0.15) is 18.9 Å². The summed E-state index contributed by atoms with van der Waals surface area (Å²) in [5, 5.41) is 0. The van der Waals surface area contributed by atoms with Gasteiger partial charge in [0.25, 0.3) is 10.0 Å². The summed E-state index contributed by atoms with van der Waals surface area (Å²) in [5.41, 5.74) is 1.10. The summed E-state index contributed by atoms with van der Waals surface area (Å²) in [5.74, 6) is 0. The van der Waals surface area contributed by atoms with E-state index >= 15 is 0 Å². The molecule has 1 aliphatic heterocycles. The van der Waals surface area contributed by atoms with Crippen LogP contribution in [-0.2, 0) is 19.6 Å². The normalized spacial score (nSPS) is 19.0. The van der Waals surface area contributed by atoms with Crippen LogP contribution in [0.15, 0.2) is 40.9 Å². The summed E-state index contributed by atoms with van der Waals surface area (Å²) < 4.78 is 31.8. The molecule has 0 bridgehead atoms. The summed E-state index contributed by atoms with van der Waals surface area (Å²) in [6.07, 6.45) is 1.86. The third-order valence-corrected chi connectivity index (χ3v) is 4.93. The molecule has 5 nitrogen and oxygen atoms in total. The number of rotatable bonds is 5. The highest BCUT2D eigenvalue weighted by Gasteiger charge is 2.36. The summed E-state index contributed by atoms with van der Waals surface area (Å²) in [6, 6.07) is 6.52. The van der Waals surface area contributed by atoms with Gasteiger partial charge in [-0.2, -0.15) is 0 Å². The summed E-state index contributed by atoms with van der Waals surface area (Å²) in [6.45, 7) is 4.05. The fourth-order valence-corrected chi connectivity index (χ4v) is 3.68. The van der Waals surface area contributed by atoms with E-state index in [1.54, 1.807) is 25.1 Å². The molecule has 1 atom stereocenters. The highest BCUT2D eigenvalue weighted by atomic mass is 32.2. The van der Waals surface area contributed by atoms with Gasteiger partial charge in [-0.3, -0.25) is 4.79 Å². The minimum absolute atomic E-state index is 0.129. The van der Waals surface area contributed by atoms with Gasteiger partial charge in [0.15, 0.2) is 6.29 Å². The van der Waals surface area contributed by atoms with Crippen molar-refractivity contribution in [2.45, 2.75) is 31.4 Å². The molecule has 1 aliphatic rings. The zero-order valence-corrected chi connectivity index (χ0v) is 12.3. The quantitative estimate of drug-likeness (QED) is 0.778. The number of allylic oxidation sites excluding steroid dienone is 1. The van der Waals surface area contributed by atoms with Gasteiger partial charge in [0.2, 0.25) is 0 Å². The van der Waals surface area contributed by atoms with E-state index in [0.717, 1.165) is 9.87 Å². The van der Waals surface area contributed by atoms with Crippen molar-refractivity contribution >= 4 is 16.3 Å². The van der Waals surface area contributed by atoms with Crippen LogP contribution in [0.5, 0.6) is 0 Å². The molecule has 0 spiro atoms. The number of aldehydes is 1. The highest BCUT2D eigenvalue weighted by Crippen LogP contribution is 2.29. The van der Waals surface area contributed by atoms with E-state index in [1.807, 2.05) is 6.92 Å². The maximum absolute atomic E-state index is 12.6. The Morgan fingerprint density at radius 3 is 2.55 bits per heavy atom. The first-order chi connectivity index (χ1) is 9.50. The van der Waals surface area contributed by atoms with Crippen LogP contribution in [0.25, 0.3) is 0 Å². The van der Waals surface area contributed by atoms with Crippen molar-refractivity contribution in [3.05, 3.63) is 41.6 Å². The number of nitrogens with zero attached hydrogens (tertiary/aromatic N) is 1. The van der Waals surface area contributed by atoms with Crippen LogP contribution in [0, 0.1) is 6.92 Å². The Kier molecular flexibility index (Phi) is 4.25. The number of sulfonamides is 1. The molecule has 20 heavy (non-hydrogen) atoms. The lowest BCUT2D eigenvalue weighted by molar-refractivity contribution is -0.106. The third-order valence-electron chi connectivity index (χ3n) is 3.10. The Bertz CT molecular complexity index is 619. The van der Waals surface area contributed by atoms with Gasteiger partial charge >= 0.3 is 0 Å². The molecular formula is C14H17NO4S. The first kappa shape index (κ1) is 14.7. The molecule has 1 aromatic carbocycles. The Hall–Kier alpha value is -1.66. The predicted octanol–water partition coefficient (Wildman–Crippen LogP) is 1.83. The van der Waals surface area contributed by atoms with Crippen LogP contribution >= 0.6 is 0 Å². The van der Waals surface area contributed by atoms with Crippen molar-refractivity contribution in [3.63, 3.8) is 0 Å². The Morgan fingerprint density at radius 1 is 1.35 bits per heavy atom. The van der Waals surface area contributed by atoms with E-state index in [9.17, 15) is 13.2 Å². The lowest BCUT2D eigenvalue weighted by Gasteiger charge is -2.27. The molecule has 0 aromatic heterocycles. The van der Waals surface area contributed by atoms with Crippen molar-refractivity contribution < 1.29 is 17.9 Å². The van der Waals surface area contributed by atoms with E-state index in [-0.39, 0.29) is 10.6 Å². The van der Waals surface area contributed by atoms with E-state index < -0.39 is 16.3 Å². The monoisotopic (exact) mass is 295 g/mol. The highest BCUT2D eigenvalue weighted by molar-refractivity contribution is 7.89. The lowest BCUT2D eigenvalue weighted by Crippen LogP contribution is -2.38. The molecular weight excluding hydrogens is 278 g/mol. The molecule has 0 fully saturated rings. The number of carbonyl (C=O) groups is 1. The number of aryl methyl sites for hydroxylation is 1. The average molecular weight is 295 g/mol. The smallest absolute Gasteiger partial charge is 0.266 e. The van der Waals surface area contributed by atoms with Gasteiger partial charge in [0.05, 0.1) is 10.6 Å². The Labute approximate surface area is 118 Å². The fraction of sp³-hybridized carbons (Fsp3) is 0.357. The molecule has 6 heteroatoms. The maximum atomic E-state index is 12.6. The predicted molar refractivity (Wildman–Crippen MR) is 74.4 cm³/mol. The first-order valence-corrected chi connectivity index (χ1v) is 7.82. The topological polar surface area (TPSA) is 63.7 Å². The van der Waals surface area contributed by atoms with Gasteiger partial charge in [-0.05, 0) is 26.0 Å². The van der Waals surface area contributed by atoms with Gasteiger partial charge in [0, 0.05) is 13.0 Å². The van der Waals surface area contributed by atoms with Crippen molar-refractivity contribution in [3.8, 4) is 0 Å². The number of hydrogen-bond donors (Lipinski definition) is 0. The lowest BCUT2D eigenvalue weighted by atomic mass is 10.2. The number of hydrogen-bond acceptors (Lipinski definition) is 4. The fourth-order valence-electron chi connectivity index (χ4n) is 2.12. The Balaban J connectivity index is 2.42. The second-order valence-corrected chi connectivity index (χ2v) is 6.32. The van der Waals surface area contributed by atoms with Crippen molar-refractivity contribution in [1.29, 1.82) is 0 Å². The zero-order chi connectivity index (χ0) is 14.8. The van der Waals surface area contributed by atoms with E-state index in [4.69, 9.17) is 4.74 Å². The van der Waals surface area contributed by atoms with E-state index in [0.29, 0.717) is 19.3 Å². The molecule has 0 radical (unpaired) electrons. The molecule has 0 aliphatic carbocycles. The van der Waals surface area contributed by atoms with Gasteiger partial charge < -0.3 is 4.74 Å². The molecule has 0 saturated heterocycles. The van der Waals surface area contributed by atoms with Crippen LogP contribution in [0.3, 0.4) is 0 Å². The molecule has 0 N–H and O–H groups in total. The third kappa shape index (κ3) is 2.62. The van der Waals surface area contributed by atoms with Crippen LogP contribution < -0.4 is 0 Å². The standard InChI is InChI=1S/C14H17NO4S/c1-3-19-14-9-6-12(10-16)15(14)20(17,18)13-7-4-11(2)5-8-13/h4-8,10,14H,3,9H2,1-2H3. The van der Waals surface area contributed by atoms with Crippen molar-refractivity contribution in [2.75, 3.05) is 6.61 Å². The minimum atomic E-state index is -3.78. The molecule has 0 saturated carbocycles. The largest absolute Gasteiger partial charge is 0.357 e. The van der Waals surface area contributed by atoms with Crippen molar-refractivity contribution in [1.82, 2.24) is 4.31 Å². The molecule has 0 amide bonds. The summed E-state index contributed by atoms with van der Waals surface area (Å²) >= 11 is 0. The minimum Gasteiger partial charge on any atom is -0.357 e. The molecule has 2 rings (SSSR count). The van der Waals surface area contributed by atoms with Gasteiger partial charge in [0.1, 0.15) is 6.23 Å². The van der Waals surface area contributed by atoms with Crippen LogP contribution in [-0.4, -0.2) is 31.8 Å². The maximum Gasteiger partial charge on any atom is 0.266 e. The average Bonchev–Trinajstić information content (AvgIpc) is 2.83. The number of benzene rings is 1. The zero-order valence-electron chi connectivity index (χ0n) is 11.4. The Morgan fingerprint density at radius 2 is 2.00 bits per heavy atom. The van der Waals surface area contributed by atoms with Crippen LogP contribution in [0.2, 0.25) is 0 Å². The number of ether oxygens (including phenoxy) is 1. The van der Waals surface area contributed by atoms with Crippen molar-refractivity contribution in [2.24, 2.45) is 0 Å². The summed E-state index contributed by atoms with van der Waals surface area (Å²) in [4.78, 5) is 11.2. The van der Waals surface area contributed by atoms with E-state index in [1.165, 1.54) is 12.1 Å². The van der Waals surface area contributed by atoms with Gasteiger partial charge in [-0.15, -0.1) is 0 Å². The summed E-state index contributed by atoms with van der Waals surface area (Å²) in [7, 11) is -3.78. The first-order valence-electron chi connectivity index (χ1n) is 6.38. The second-order valence-electron chi connectivity index (χ2n) is 4.51. The number of carbonyl (C=O) groups excluding carboxylic acids is 1. The van der Waals surface area contributed by atoms with Gasteiger partial charge in [-0.1, -0.05) is 23.8 Å². The molecule has 108 valence electrons. The van der Waals surface area contributed by atoms with E-state index in [2.05, 4.69) is 0 Å². The molecule has 1 aromatic rings. The SMILES string of the molecule is CCOC1CC=C(C=O)N1S(=O)(=O)c1ccc(C)cc1. The van der Waals surface area contributed by atoms with Crippen LogP contribution in [0.4, 0.5) is 0 Å². The van der Waals surface area contributed by atoms with Gasteiger partial charge in [-0.25, -0.2) is 12.7 Å². The molecule has 1 unspecified atom stereocenters. The second kappa shape index (κ2) is 5.76. The molecule has 1 heterocycles.